The first-order valence-electron chi connectivity index (χ1n) is 11.0. The molecule has 34 heavy (non-hydrogen) atoms. The Morgan fingerprint density at radius 1 is 1.03 bits per heavy atom. The average Bonchev–Trinajstić information content (AvgIpc) is 3.57. The second-order valence-electron chi connectivity index (χ2n) is 8.35. The molecule has 5 rings (SSSR count). The Hall–Kier alpha value is -2.74. The van der Waals surface area contributed by atoms with Crippen molar-refractivity contribution in [3.63, 3.8) is 0 Å². The average molecular weight is 517 g/mol. The van der Waals surface area contributed by atoms with Gasteiger partial charge in [0.2, 0.25) is 0 Å². The molecule has 1 saturated carbocycles. The van der Waals surface area contributed by atoms with Gasteiger partial charge < -0.3 is 19.6 Å². The number of para-hydroxylation sites is 2. The van der Waals surface area contributed by atoms with Crippen molar-refractivity contribution in [2.75, 3.05) is 22.9 Å². The smallest absolute Gasteiger partial charge is 0.303 e. The molecule has 0 atom stereocenters. The molecule has 2 aromatic carbocycles. The molecule has 9 heteroatoms. The van der Waals surface area contributed by atoms with Gasteiger partial charge in [-0.05, 0) is 54.5 Å². The zero-order valence-electron chi connectivity index (χ0n) is 18.2. The number of ether oxygens (including phenoxy) is 1. The number of halogens is 2. The van der Waals surface area contributed by atoms with Crippen molar-refractivity contribution in [2.24, 2.45) is 0 Å². The highest BCUT2D eigenvalue weighted by Crippen LogP contribution is 2.42. The maximum atomic E-state index is 13.6. The third-order valence-corrected chi connectivity index (χ3v) is 7.56. The topological polar surface area (TPSA) is 70.1 Å². The van der Waals surface area contributed by atoms with Crippen molar-refractivity contribution < 1.29 is 19.4 Å². The highest BCUT2D eigenvalue weighted by Gasteiger charge is 2.36. The van der Waals surface area contributed by atoms with Gasteiger partial charge in [-0.2, -0.15) is 0 Å². The van der Waals surface area contributed by atoms with Gasteiger partial charge in [-0.15, -0.1) is 11.3 Å². The summed E-state index contributed by atoms with van der Waals surface area (Å²) >= 11 is 14.1. The number of fused-ring (bicyclic) bond motifs is 1. The fraction of sp³-hybridized carbons (Fsp3) is 0.280. The highest BCUT2D eigenvalue weighted by molar-refractivity contribution is 7.12. The molecule has 1 aromatic heterocycles. The molecule has 0 bridgehead atoms. The third-order valence-electron chi connectivity index (χ3n) is 6.03. The number of benzene rings is 2. The molecular formula is C25H22Cl2N2O4S. The Labute approximate surface area is 211 Å². The van der Waals surface area contributed by atoms with Crippen LogP contribution in [0.2, 0.25) is 10.0 Å². The van der Waals surface area contributed by atoms with Crippen molar-refractivity contribution in [1.29, 1.82) is 0 Å². The Morgan fingerprint density at radius 2 is 1.79 bits per heavy atom. The summed E-state index contributed by atoms with van der Waals surface area (Å²) in [5, 5.41) is 11.4. The van der Waals surface area contributed by atoms with Crippen LogP contribution in [0.3, 0.4) is 0 Å². The minimum Gasteiger partial charge on any atom is -0.481 e. The Balaban J connectivity index is 1.39. The summed E-state index contributed by atoms with van der Waals surface area (Å²) in [6, 6.07) is 13.5. The van der Waals surface area contributed by atoms with Crippen LogP contribution in [0.4, 0.5) is 11.4 Å². The molecule has 1 amide bonds. The molecule has 0 unspecified atom stereocenters. The second-order valence-corrected chi connectivity index (χ2v) is 10.1. The number of amides is 1. The molecule has 0 spiro atoms. The standard InChI is InChI=1S/C25H22Cl2N2O4S/c26-17-14-22(18(27)13-15(17)5-8-23(30)31)33-21-9-12-34-24(21)25(32)29-11-10-28(16-6-7-16)19-3-1-2-4-20(19)29/h1-4,9,12-14,16H,5-8,10-11H2,(H,30,31). The lowest BCUT2D eigenvalue weighted by molar-refractivity contribution is -0.136. The van der Waals surface area contributed by atoms with E-state index in [0.717, 1.165) is 17.9 Å². The van der Waals surface area contributed by atoms with Crippen molar-refractivity contribution in [1.82, 2.24) is 0 Å². The number of thiophene rings is 1. The normalized spacial score (nSPS) is 15.2. The van der Waals surface area contributed by atoms with Crippen molar-refractivity contribution in [3.8, 4) is 11.5 Å². The van der Waals surface area contributed by atoms with Gasteiger partial charge in [-0.1, -0.05) is 35.3 Å². The molecule has 1 N–H and O–H groups in total. The predicted octanol–water partition coefficient (Wildman–Crippen LogP) is 6.49. The zero-order chi connectivity index (χ0) is 23.8. The number of carbonyl (C=O) groups is 2. The minimum atomic E-state index is -0.909. The summed E-state index contributed by atoms with van der Waals surface area (Å²) < 4.78 is 6.03. The van der Waals surface area contributed by atoms with E-state index in [9.17, 15) is 9.59 Å². The van der Waals surface area contributed by atoms with Crippen LogP contribution in [0.5, 0.6) is 11.5 Å². The summed E-state index contributed by atoms with van der Waals surface area (Å²) in [6.45, 7) is 1.41. The number of anilines is 2. The van der Waals surface area contributed by atoms with Crippen LogP contribution >= 0.6 is 34.5 Å². The van der Waals surface area contributed by atoms with E-state index in [1.165, 1.54) is 24.2 Å². The second kappa shape index (κ2) is 9.49. The lowest BCUT2D eigenvalue weighted by Crippen LogP contribution is -2.44. The maximum Gasteiger partial charge on any atom is 0.303 e. The molecule has 1 fully saturated rings. The zero-order valence-corrected chi connectivity index (χ0v) is 20.5. The van der Waals surface area contributed by atoms with Gasteiger partial charge in [0.25, 0.3) is 5.91 Å². The number of aryl methyl sites for hydroxylation is 1. The van der Waals surface area contributed by atoms with E-state index in [0.29, 0.717) is 44.6 Å². The van der Waals surface area contributed by atoms with Gasteiger partial charge >= 0.3 is 5.97 Å². The molecule has 0 saturated heterocycles. The van der Waals surface area contributed by atoms with Crippen molar-refractivity contribution in [3.05, 3.63) is 68.3 Å². The van der Waals surface area contributed by atoms with Crippen LogP contribution in [-0.2, 0) is 11.2 Å². The fourth-order valence-electron chi connectivity index (χ4n) is 4.22. The van der Waals surface area contributed by atoms with Crippen LogP contribution in [0.1, 0.15) is 34.5 Å². The van der Waals surface area contributed by atoms with E-state index in [4.69, 9.17) is 33.0 Å². The van der Waals surface area contributed by atoms with Gasteiger partial charge in [0.05, 0.1) is 16.4 Å². The van der Waals surface area contributed by atoms with Crippen LogP contribution in [0.25, 0.3) is 0 Å². The highest BCUT2D eigenvalue weighted by atomic mass is 35.5. The van der Waals surface area contributed by atoms with Gasteiger partial charge in [0.1, 0.15) is 10.6 Å². The molecule has 6 nitrogen and oxygen atoms in total. The number of aliphatic carboxylic acids is 1. The van der Waals surface area contributed by atoms with E-state index in [1.807, 2.05) is 28.5 Å². The van der Waals surface area contributed by atoms with Crippen molar-refractivity contribution in [2.45, 2.75) is 31.7 Å². The first kappa shape index (κ1) is 23.0. The lowest BCUT2D eigenvalue weighted by atomic mass is 10.1. The molecule has 0 radical (unpaired) electrons. The number of hydrogen-bond donors (Lipinski definition) is 1. The molecular weight excluding hydrogens is 495 g/mol. The van der Waals surface area contributed by atoms with E-state index in [-0.39, 0.29) is 18.7 Å². The Morgan fingerprint density at radius 3 is 2.53 bits per heavy atom. The van der Waals surface area contributed by atoms with Crippen LogP contribution in [-0.4, -0.2) is 36.1 Å². The predicted molar refractivity (Wildman–Crippen MR) is 135 cm³/mol. The van der Waals surface area contributed by atoms with E-state index in [2.05, 4.69) is 11.0 Å². The fourth-order valence-corrected chi connectivity index (χ4v) is 5.45. The molecule has 1 aliphatic carbocycles. The molecule has 1 aliphatic heterocycles. The molecule has 3 aromatic rings. The summed E-state index contributed by atoms with van der Waals surface area (Å²) in [4.78, 5) is 29.2. The molecule has 2 heterocycles. The third kappa shape index (κ3) is 4.60. The summed E-state index contributed by atoms with van der Waals surface area (Å²) in [5.74, 6) is -0.299. The lowest BCUT2D eigenvalue weighted by Gasteiger charge is -2.37. The Bertz CT molecular complexity index is 1260. The monoisotopic (exact) mass is 516 g/mol. The van der Waals surface area contributed by atoms with Crippen molar-refractivity contribution >= 4 is 57.8 Å². The summed E-state index contributed by atoms with van der Waals surface area (Å²) in [6.07, 6.45) is 2.62. The summed E-state index contributed by atoms with van der Waals surface area (Å²) in [7, 11) is 0. The number of nitrogens with zero attached hydrogens (tertiary/aromatic N) is 2. The van der Waals surface area contributed by atoms with E-state index < -0.39 is 5.97 Å². The Kier molecular flexibility index (Phi) is 6.42. The first-order valence-corrected chi connectivity index (χ1v) is 12.7. The molecule has 2 aliphatic rings. The number of carboxylic acid groups (broad SMARTS) is 1. The van der Waals surface area contributed by atoms with Gasteiger partial charge in [0, 0.05) is 36.6 Å². The van der Waals surface area contributed by atoms with Gasteiger partial charge in [-0.3, -0.25) is 9.59 Å². The van der Waals surface area contributed by atoms with Crippen LogP contribution in [0, 0.1) is 0 Å². The number of rotatable bonds is 7. The maximum absolute atomic E-state index is 13.6. The van der Waals surface area contributed by atoms with Gasteiger partial charge in [-0.25, -0.2) is 0 Å². The first-order chi connectivity index (χ1) is 16.4. The largest absolute Gasteiger partial charge is 0.481 e. The number of carboxylic acids is 1. The van der Waals surface area contributed by atoms with E-state index in [1.54, 1.807) is 18.2 Å². The minimum absolute atomic E-state index is 0.0467. The van der Waals surface area contributed by atoms with E-state index >= 15 is 0 Å². The van der Waals surface area contributed by atoms with Crippen LogP contribution in [0.15, 0.2) is 47.8 Å². The number of carbonyl (C=O) groups excluding carboxylic acids is 1. The van der Waals surface area contributed by atoms with Crippen LogP contribution < -0.4 is 14.5 Å². The quantitative estimate of drug-likeness (QED) is 0.388. The SMILES string of the molecule is O=C(O)CCc1cc(Cl)c(Oc2ccsc2C(=O)N2CCN(C3CC3)c3ccccc32)cc1Cl. The number of hydrogen-bond acceptors (Lipinski definition) is 5. The summed E-state index contributed by atoms with van der Waals surface area (Å²) in [5.41, 5.74) is 2.64. The van der Waals surface area contributed by atoms with Gasteiger partial charge in [0.15, 0.2) is 5.75 Å². The molecule has 176 valence electrons.